The normalized spacial score (nSPS) is 11.8. The molecular weight excluding hydrogens is 288 g/mol. The minimum atomic E-state index is -0.984. The van der Waals surface area contributed by atoms with Crippen molar-refractivity contribution in [2.24, 2.45) is 0 Å². The monoisotopic (exact) mass is 310 g/mol. The lowest BCUT2D eigenvalue weighted by atomic mass is 10.1. The fourth-order valence-corrected chi connectivity index (χ4v) is 1.72. The van der Waals surface area contributed by atoms with Crippen molar-refractivity contribution >= 4 is 12.0 Å². The van der Waals surface area contributed by atoms with Gasteiger partial charge < -0.3 is 25.6 Å². The van der Waals surface area contributed by atoms with Gasteiger partial charge in [0.05, 0.1) is 18.6 Å². The van der Waals surface area contributed by atoms with Crippen LogP contribution in [-0.4, -0.2) is 41.4 Å². The summed E-state index contributed by atoms with van der Waals surface area (Å²) in [5.74, 6) is -0.334. The molecule has 0 aliphatic heterocycles. The molecule has 0 heterocycles. The number of aliphatic hydroxyl groups is 1. The molecule has 0 aromatic heterocycles. The standard InChI is InChI=1S/C15H22N2O5/c1-10(2)22-12-5-3-4-11(8-12)13(18)9-17-15(21)16-7-6-14(19)20/h3-5,8,10,13,18H,6-7,9H2,1-2H3,(H,19,20)(H2,16,17,21). The van der Waals surface area contributed by atoms with Gasteiger partial charge in [0.1, 0.15) is 5.75 Å². The second-order valence-electron chi connectivity index (χ2n) is 5.04. The summed E-state index contributed by atoms with van der Waals surface area (Å²) in [5.41, 5.74) is 0.629. The van der Waals surface area contributed by atoms with E-state index in [0.717, 1.165) is 0 Å². The molecule has 0 saturated carbocycles. The number of benzene rings is 1. The average molecular weight is 310 g/mol. The third kappa shape index (κ3) is 6.94. The van der Waals surface area contributed by atoms with E-state index >= 15 is 0 Å². The predicted molar refractivity (Wildman–Crippen MR) is 80.8 cm³/mol. The molecule has 1 unspecified atom stereocenters. The van der Waals surface area contributed by atoms with E-state index in [4.69, 9.17) is 9.84 Å². The molecule has 7 heteroatoms. The van der Waals surface area contributed by atoms with Crippen molar-refractivity contribution in [1.29, 1.82) is 0 Å². The van der Waals surface area contributed by atoms with Crippen LogP contribution in [0.5, 0.6) is 5.75 Å². The van der Waals surface area contributed by atoms with Crippen molar-refractivity contribution in [3.8, 4) is 5.75 Å². The van der Waals surface area contributed by atoms with Gasteiger partial charge in [-0.3, -0.25) is 4.79 Å². The van der Waals surface area contributed by atoms with Crippen LogP contribution in [0, 0.1) is 0 Å². The third-order valence-corrected chi connectivity index (χ3v) is 2.70. The fourth-order valence-electron chi connectivity index (χ4n) is 1.72. The number of hydrogen-bond donors (Lipinski definition) is 4. The van der Waals surface area contributed by atoms with Gasteiger partial charge in [-0.15, -0.1) is 0 Å². The smallest absolute Gasteiger partial charge is 0.314 e. The summed E-state index contributed by atoms with van der Waals surface area (Å²) in [5, 5.41) is 23.4. The number of ether oxygens (including phenoxy) is 1. The fraction of sp³-hybridized carbons (Fsp3) is 0.467. The summed E-state index contributed by atoms with van der Waals surface area (Å²) in [7, 11) is 0. The number of hydrogen-bond acceptors (Lipinski definition) is 4. The lowest BCUT2D eigenvalue weighted by Gasteiger charge is -2.15. The third-order valence-electron chi connectivity index (χ3n) is 2.70. The molecule has 122 valence electrons. The molecule has 1 rings (SSSR count). The average Bonchev–Trinajstić information content (AvgIpc) is 2.44. The first kappa shape index (κ1) is 17.8. The number of urea groups is 1. The van der Waals surface area contributed by atoms with Crippen molar-refractivity contribution in [1.82, 2.24) is 10.6 Å². The van der Waals surface area contributed by atoms with Gasteiger partial charge in [-0.05, 0) is 31.5 Å². The highest BCUT2D eigenvalue weighted by atomic mass is 16.5. The maximum Gasteiger partial charge on any atom is 0.314 e. The van der Waals surface area contributed by atoms with Crippen LogP contribution in [0.2, 0.25) is 0 Å². The largest absolute Gasteiger partial charge is 0.491 e. The molecule has 1 aromatic carbocycles. The zero-order chi connectivity index (χ0) is 16.5. The van der Waals surface area contributed by atoms with E-state index in [9.17, 15) is 14.7 Å². The van der Waals surface area contributed by atoms with E-state index < -0.39 is 18.1 Å². The summed E-state index contributed by atoms with van der Waals surface area (Å²) >= 11 is 0. The quantitative estimate of drug-likeness (QED) is 0.578. The summed E-state index contributed by atoms with van der Waals surface area (Å²) in [6.45, 7) is 3.87. The van der Waals surface area contributed by atoms with Crippen LogP contribution < -0.4 is 15.4 Å². The number of carbonyl (C=O) groups excluding carboxylic acids is 1. The van der Waals surface area contributed by atoms with Crippen molar-refractivity contribution in [3.05, 3.63) is 29.8 Å². The lowest BCUT2D eigenvalue weighted by Crippen LogP contribution is -2.38. The van der Waals surface area contributed by atoms with Crippen LogP contribution in [0.3, 0.4) is 0 Å². The predicted octanol–water partition coefficient (Wildman–Crippen LogP) is 1.28. The Labute approximate surface area is 129 Å². The van der Waals surface area contributed by atoms with E-state index in [2.05, 4.69) is 10.6 Å². The number of amides is 2. The Kier molecular flexibility index (Phi) is 7.18. The summed E-state index contributed by atoms with van der Waals surface area (Å²) in [6.07, 6.45) is -0.989. The van der Waals surface area contributed by atoms with Crippen LogP contribution >= 0.6 is 0 Å². The minimum absolute atomic E-state index is 0.0179. The minimum Gasteiger partial charge on any atom is -0.491 e. The Hall–Kier alpha value is -2.28. The molecule has 7 nitrogen and oxygen atoms in total. The maximum atomic E-state index is 11.4. The number of rotatable bonds is 8. The molecule has 1 aromatic rings. The van der Waals surface area contributed by atoms with Crippen LogP contribution in [0.4, 0.5) is 4.79 Å². The second-order valence-corrected chi connectivity index (χ2v) is 5.04. The number of carbonyl (C=O) groups is 2. The van der Waals surface area contributed by atoms with Crippen LogP contribution in [0.25, 0.3) is 0 Å². The Morgan fingerprint density at radius 3 is 2.64 bits per heavy atom. The molecule has 4 N–H and O–H groups in total. The van der Waals surface area contributed by atoms with E-state index in [1.807, 2.05) is 13.8 Å². The van der Waals surface area contributed by atoms with Gasteiger partial charge in [0, 0.05) is 13.1 Å². The first-order valence-corrected chi connectivity index (χ1v) is 7.06. The SMILES string of the molecule is CC(C)Oc1cccc(C(O)CNC(=O)NCCC(=O)O)c1. The van der Waals surface area contributed by atoms with Gasteiger partial charge in [0.15, 0.2) is 0 Å². The highest BCUT2D eigenvalue weighted by Gasteiger charge is 2.11. The summed E-state index contributed by atoms with van der Waals surface area (Å²) in [6, 6.07) is 6.50. The second kappa shape index (κ2) is 8.89. The molecular formula is C15H22N2O5. The molecule has 22 heavy (non-hydrogen) atoms. The molecule has 0 fully saturated rings. The topological polar surface area (TPSA) is 108 Å². The van der Waals surface area contributed by atoms with Crippen LogP contribution in [-0.2, 0) is 4.79 Å². The van der Waals surface area contributed by atoms with Gasteiger partial charge >= 0.3 is 12.0 Å². The molecule has 0 saturated heterocycles. The summed E-state index contributed by atoms with van der Waals surface area (Å²) < 4.78 is 5.54. The first-order valence-electron chi connectivity index (χ1n) is 7.06. The summed E-state index contributed by atoms with van der Waals surface area (Å²) in [4.78, 5) is 21.7. The molecule has 2 amide bonds. The highest BCUT2D eigenvalue weighted by molar-refractivity contribution is 5.75. The van der Waals surface area contributed by atoms with Gasteiger partial charge in [-0.2, -0.15) is 0 Å². The number of carboxylic acids is 1. The molecule has 0 spiro atoms. The molecule has 0 aliphatic rings. The number of aliphatic carboxylic acids is 1. The number of carboxylic acid groups (broad SMARTS) is 1. The van der Waals surface area contributed by atoms with Gasteiger partial charge in [-0.25, -0.2) is 4.79 Å². The molecule has 1 atom stereocenters. The zero-order valence-electron chi connectivity index (χ0n) is 12.7. The van der Waals surface area contributed by atoms with Crippen LogP contribution in [0.15, 0.2) is 24.3 Å². The van der Waals surface area contributed by atoms with E-state index in [-0.39, 0.29) is 25.6 Å². The lowest BCUT2D eigenvalue weighted by molar-refractivity contribution is -0.136. The van der Waals surface area contributed by atoms with Crippen molar-refractivity contribution in [2.45, 2.75) is 32.5 Å². The van der Waals surface area contributed by atoms with Crippen molar-refractivity contribution in [2.75, 3.05) is 13.1 Å². The van der Waals surface area contributed by atoms with E-state index in [1.54, 1.807) is 24.3 Å². The molecule has 0 bridgehead atoms. The molecule has 0 aliphatic carbocycles. The van der Waals surface area contributed by atoms with Crippen LogP contribution in [0.1, 0.15) is 31.9 Å². The van der Waals surface area contributed by atoms with E-state index in [1.165, 1.54) is 0 Å². The van der Waals surface area contributed by atoms with Gasteiger partial charge in [-0.1, -0.05) is 12.1 Å². The zero-order valence-corrected chi connectivity index (χ0v) is 12.7. The number of nitrogens with one attached hydrogen (secondary N) is 2. The highest BCUT2D eigenvalue weighted by Crippen LogP contribution is 2.19. The Balaban J connectivity index is 2.43. The Morgan fingerprint density at radius 2 is 2.00 bits per heavy atom. The van der Waals surface area contributed by atoms with Gasteiger partial charge in [0.2, 0.25) is 0 Å². The maximum absolute atomic E-state index is 11.4. The van der Waals surface area contributed by atoms with Crippen molar-refractivity contribution in [3.63, 3.8) is 0 Å². The van der Waals surface area contributed by atoms with Gasteiger partial charge in [0.25, 0.3) is 0 Å². The first-order chi connectivity index (χ1) is 10.4. The Morgan fingerprint density at radius 1 is 1.27 bits per heavy atom. The number of aliphatic hydroxyl groups excluding tert-OH is 1. The van der Waals surface area contributed by atoms with Crippen molar-refractivity contribution < 1.29 is 24.5 Å². The molecule has 0 radical (unpaired) electrons. The van der Waals surface area contributed by atoms with E-state index in [0.29, 0.717) is 11.3 Å². The Bertz CT molecular complexity index is 504.